The van der Waals surface area contributed by atoms with Gasteiger partial charge in [0, 0.05) is 19.3 Å². The van der Waals surface area contributed by atoms with E-state index < -0.39 is 6.10 Å². The highest BCUT2D eigenvalue weighted by Gasteiger charge is 2.19. The van der Waals surface area contributed by atoms with Crippen LogP contribution in [0, 0.1) is 0 Å². The van der Waals surface area contributed by atoms with Crippen molar-refractivity contribution in [2.75, 3.05) is 13.2 Å². The number of unbranched alkanes of at least 4 members (excludes halogenated alkanes) is 29. The van der Waals surface area contributed by atoms with Gasteiger partial charge in [-0.05, 0) is 122 Å². The number of hydrogen-bond acceptors (Lipinski definition) is 6. The summed E-state index contributed by atoms with van der Waals surface area (Å²) in [6, 6.07) is 0. The number of esters is 3. The normalized spacial score (nSPS) is 13.0. The monoisotopic (exact) mass is 1150 g/mol. The quantitative estimate of drug-likeness (QED) is 0.0261. The van der Waals surface area contributed by atoms with Crippen molar-refractivity contribution in [1.82, 2.24) is 0 Å². The Morgan fingerprint density at radius 3 is 0.819 bits per heavy atom. The van der Waals surface area contributed by atoms with Crippen LogP contribution in [-0.2, 0) is 28.6 Å². The van der Waals surface area contributed by atoms with Crippen molar-refractivity contribution in [3.05, 3.63) is 134 Å². The van der Waals surface area contributed by atoms with Crippen LogP contribution in [0.2, 0.25) is 0 Å². The lowest BCUT2D eigenvalue weighted by Crippen LogP contribution is -2.30. The van der Waals surface area contributed by atoms with E-state index in [0.29, 0.717) is 19.3 Å². The van der Waals surface area contributed by atoms with E-state index in [4.69, 9.17) is 14.2 Å². The molecule has 1 unspecified atom stereocenters. The zero-order valence-electron chi connectivity index (χ0n) is 54.2. The summed E-state index contributed by atoms with van der Waals surface area (Å²) in [6.07, 6.45) is 99.2. The predicted molar refractivity (Wildman–Crippen MR) is 362 cm³/mol. The first kappa shape index (κ1) is 78.5. The van der Waals surface area contributed by atoms with Gasteiger partial charge in [0.05, 0.1) is 0 Å². The van der Waals surface area contributed by atoms with Gasteiger partial charge in [-0.3, -0.25) is 14.4 Å². The van der Waals surface area contributed by atoms with Gasteiger partial charge < -0.3 is 14.2 Å². The molecule has 0 spiro atoms. The van der Waals surface area contributed by atoms with Gasteiger partial charge in [0.2, 0.25) is 0 Å². The van der Waals surface area contributed by atoms with Crippen LogP contribution in [-0.4, -0.2) is 37.2 Å². The average Bonchev–Trinajstić information content (AvgIpc) is 3.49. The lowest BCUT2D eigenvalue weighted by atomic mass is 10.0. The number of carbonyl (C=O) groups excluding carboxylic acids is 3. The molecule has 6 heteroatoms. The fraction of sp³-hybridized carbons (Fsp3) is 0.675. The molecule has 0 fully saturated rings. The topological polar surface area (TPSA) is 78.9 Å². The first-order valence-electron chi connectivity index (χ1n) is 34.7. The predicted octanol–water partition coefficient (Wildman–Crippen LogP) is 24.1. The van der Waals surface area contributed by atoms with E-state index in [2.05, 4.69) is 148 Å². The van der Waals surface area contributed by atoms with E-state index in [0.717, 1.165) is 109 Å². The van der Waals surface area contributed by atoms with Crippen molar-refractivity contribution in [2.24, 2.45) is 0 Å². The Morgan fingerprint density at radius 2 is 0.494 bits per heavy atom. The second-order valence-corrected chi connectivity index (χ2v) is 22.7. The van der Waals surface area contributed by atoms with E-state index in [1.165, 1.54) is 161 Å². The lowest BCUT2D eigenvalue weighted by molar-refractivity contribution is -0.166. The van der Waals surface area contributed by atoms with Crippen molar-refractivity contribution in [3.63, 3.8) is 0 Å². The second-order valence-electron chi connectivity index (χ2n) is 22.7. The average molecular weight is 1150 g/mol. The first-order valence-corrected chi connectivity index (χ1v) is 34.7. The molecule has 0 aliphatic heterocycles. The van der Waals surface area contributed by atoms with E-state index in [-0.39, 0.29) is 37.5 Å². The third kappa shape index (κ3) is 68.2. The van der Waals surface area contributed by atoms with Gasteiger partial charge in [-0.1, -0.05) is 309 Å². The number of hydrogen-bond donors (Lipinski definition) is 0. The van der Waals surface area contributed by atoms with Crippen LogP contribution >= 0.6 is 0 Å². The number of carbonyl (C=O) groups is 3. The SMILES string of the molecule is CC/C=C\C/C=C\C/C=C\C/C=C\C/C=C\C/C=C\CCCCCCCCCCC(=O)OCC(COC(=O)CC/C=C\C/C=C\C/C=C\C/C=C\CC)OC(=O)CCCCCCCCCCCCCCC/C=C\CCCCCCCCCC. The van der Waals surface area contributed by atoms with E-state index >= 15 is 0 Å². The minimum absolute atomic E-state index is 0.107. The van der Waals surface area contributed by atoms with Gasteiger partial charge >= 0.3 is 17.9 Å². The van der Waals surface area contributed by atoms with Crippen LogP contribution in [0.1, 0.15) is 316 Å². The smallest absolute Gasteiger partial charge is 0.306 e. The van der Waals surface area contributed by atoms with Crippen LogP contribution in [0.3, 0.4) is 0 Å². The lowest BCUT2D eigenvalue weighted by Gasteiger charge is -2.18. The summed E-state index contributed by atoms with van der Waals surface area (Å²) in [5, 5.41) is 0. The Bertz CT molecular complexity index is 1750. The van der Waals surface area contributed by atoms with Gasteiger partial charge in [-0.15, -0.1) is 0 Å². The molecular weight excluding hydrogens is 1020 g/mol. The molecule has 0 aliphatic rings. The maximum Gasteiger partial charge on any atom is 0.306 e. The fourth-order valence-corrected chi connectivity index (χ4v) is 9.52. The molecule has 0 amide bonds. The van der Waals surface area contributed by atoms with Crippen LogP contribution in [0.25, 0.3) is 0 Å². The molecule has 0 aromatic heterocycles. The standard InChI is InChI=1S/C77H128O6/c1-4-7-10-13-16-19-22-25-27-29-31-33-35-37-38-40-41-43-45-47-49-52-55-58-61-64-67-70-76(79)82-73-74(72-81-75(78)69-66-63-60-57-54-51-24-21-18-15-12-9-6-3)83-77(80)71-68-65-62-59-56-53-50-48-46-44-42-39-36-34-32-30-28-26-23-20-17-14-11-8-5-2/h7,9-10,12,16,18-19,21,25,27,30-33,37-38,41,43,51,54,60,63,74H,4-6,8,11,13-15,17,20,22-24,26,28-29,34-36,39-40,42,44-50,52-53,55-59,61-62,64-73H2,1-3H3/b10-7-,12-9-,19-16-,21-18-,27-25-,32-30-,33-31-,38-37-,43-41-,54-51-,63-60-. The highest BCUT2D eigenvalue weighted by molar-refractivity contribution is 5.71. The maximum atomic E-state index is 12.9. The molecule has 0 aromatic rings. The molecule has 0 radical (unpaired) electrons. The molecular formula is C77H128O6. The Labute approximate surface area is 513 Å². The van der Waals surface area contributed by atoms with Crippen molar-refractivity contribution in [3.8, 4) is 0 Å². The Kier molecular flexibility index (Phi) is 66.3. The summed E-state index contributed by atoms with van der Waals surface area (Å²) in [6.45, 7) is 6.36. The molecule has 0 aliphatic carbocycles. The summed E-state index contributed by atoms with van der Waals surface area (Å²) in [5.74, 6) is -0.992. The molecule has 1 atom stereocenters. The number of rotatable bonds is 62. The third-order valence-corrected chi connectivity index (χ3v) is 14.6. The first-order chi connectivity index (χ1) is 41.0. The van der Waals surface area contributed by atoms with Gasteiger partial charge in [0.25, 0.3) is 0 Å². The molecule has 0 saturated carbocycles. The highest BCUT2D eigenvalue weighted by atomic mass is 16.6. The molecule has 0 aromatic carbocycles. The molecule has 472 valence electrons. The molecule has 0 heterocycles. The van der Waals surface area contributed by atoms with Crippen LogP contribution in [0.5, 0.6) is 0 Å². The molecule has 6 nitrogen and oxygen atoms in total. The zero-order valence-corrected chi connectivity index (χ0v) is 54.2. The Balaban J connectivity index is 4.35. The third-order valence-electron chi connectivity index (χ3n) is 14.6. The summed E-state index contributed by atoms with van der Waals surface area (Å²) < 4.78 is 16.9. The molecule has 0 saturated heterocycles. The van der Waals surface area contributed by atoms with Crippen molar-refractivity contribution >= 4 is 17.9 Å². The summed E-state index contributed by atoms with van der Waals surface area (Å²) in [4.78, 5) is 38.4. The molecule has 0 rings (SSSR count). The molecule has 0 N–H and O–H groups in total. The largest absolute Gasteiger partial charge is 0.462 e. The molecule has 83 heavy (non-hydrogen) atoms. The van der Waals surface area contributed by atoms with Crippen LogP contribution in [0.4, 0.5) is 0 Å². The molecule has 0 bridgehead atoms. The van der Waals surface area contributed by atoms with Gasteiger partial charge in [0.15, 0.2) is 6.10 Å². The maximum absolute atomic E-state index is 12.9. The van der Waals surface area contributed by atoms with Gasteiger partial charge in [-0.2, -0.15) is 0 Å². The van der Waals surface area contributed by atoms with Crippen LogP contribution < -0.4 is 0 Å². The van der Waals surface area contributed by atoms with Crippen molar-refractivity contribution in [2.45, 2.75) is 322 Å². The van der Waals surface area contributed by atoms with Crippen molar-refractivity contribution < 1.29 is 28.6 Å². The Morgan fingerprint density at radius 1 is 0.253 bits per heavy atom. The van der Waals surface area contributed by atoms with E-state index in [1.54, 1.807) is 0 Å². The minimum atomic E-state index is -0.816. The van der Waals surface area contributed by atoms with Gasteiger partial charge in [-0.25, -0.2) is 0 Å². The second kappa shape index (κ2) is 70.0. The highest BCUT2D eigenvalue weighted by Crippen LogP contribution is 2.16. The number of allylic oxidation sites excluding steroid dienone is 22. The van der Waals surface area contributed by atoms with E-state index in [9.17, 15) is 14.4 Å². The zero-order chi connectivity index (χ0) is 59.9. The summed E-state index contributed by atoms with van der Waals surface area (Å²) >= 11 is 0. The summed E-state index contributed by atoms with van der Waals surface area (Å²) in [5.41, 5.74) is 0. The Hall–Kier alpha value is -4.45. The van der Waals surface area contributed by atoms with Crippen molar-refractivity contribution in [1.29, 1.82) is 0 Å². The van der Waals surface area contributed by atoms with E-state index in [1.807, 2.05) is 6.08 Å². The van der Waals surface area contributed by atoms with Gasteiger partial charge in [0.1, 0.15) is 13.2 Å². The number of ether oxygens (including phenoxy) is 3. The van der Waals surface area contributed by atoms with Crippen LogP contribution in [0.15, 0.2) is 134 Å². The fourth-order valence-electron chi connectivity index (χ4n) is 9.52. The minimum Gasteiger partial charge on any atom is -0.462 e. The summed E-state index contributed by atoms with van der Waals surface area (Å²) in [7, 11) is 0.